The Hall–Kier alpha value is -1.03. The number of nitrogens with one attached hydrogen (secondary N) is 1. The number of carbonyl (C=O) groups is 1. The summed E-state index contributed by atoms with van der Waals surface area (Å²) in [5.74, 6) is 2.46. The first-order valence-electron chi connectivity index (χ1n) is 7.01. The summed E-state index contributed by atoms with van der Waals surface area (Å²) >= 11 is 0. The van der Waals surface area contributed by atoms with Crippen LogP contribution in [0.4, 0.5) is 4.79 Å². The molecule has 100 valence electrons. The Kier molecular flexibility index (Phi) is 3.29. The molecule has 0 aromatic carbocycles. The molecule has 4 nitrogen and oxygen atoms in total. The Morgan fingerprint density at radius 2 is 2.33 bits per heavy atom. The van der Waals surface area contributed by atoms with E-state index in [9.17, 15) is 4.79 Å². The fourth-order valence-electron chi connectivity index (χ4n) is 3.67. The van der Waals surface area contributed by atoms with Crippen LogP contribution in [0.25, 0.3) is 0 Å². The van der Waals surface area contributed by atoms with Crippen molar-refractivity contribution in [2.24, 2.45) is 17.8 Å². The van der Waals surface area contributed by atoms with E-state index in [2.05, 4.69) is 17.5 Å². The zero-order chi connectivity index (χ0) is 12.5. The summed E-state index contributed by atoms with van der Waals surface area (Å²) < 4.78 is 4.75. The standard InChI is InChI=1S/C14H22N2O2/c1-18-14(17)16-5-4-13(9-16)15-8-12-7-10-2-3-11(12)6-10/h2-3,10-13,15H,4-9H2,1H3. The lowest BCUT2D eigenvalue weighted by atomic mass is 9.93. The predicted octanol–water partition coefficient (Wildman–Crippen LogP) is 1.63. The topological polar surface area (TPSA) is 41.6 Å². The van der Waals surface area contributed by atoms with Gasteiger partial charge in [0.1, 0.15) is 0 Å². The lowest BCUT2D eigenvalue weighted by molar-refractivity contribution is 0.132. The van der Waals surface area contributed by atoms with Crippen LogP contribution >= 0.6 is 0 Å². The molecule has 0 aromatic heterocycles. The number of nitrogens with zero attached hydrogens (tertiary/aromatic N) is 1. The van der Waals surface area contributed by atoms with Gasteiger partial charge in [-0.25, -0.2) is 4.79 Å². The summed E-state index contributed by atoms with van der Waals surface area (Å²) in [5, 5.41) is 3.63. The minimum Gasteiger partial charge on any atom is -0.453 e. The molecule has 1 amide bonds. The van der Waals surface area contributed by atoms with Gasteiger partial charge in [-0.3, -0.25) is 0 Å². The van der Waals surface area contributed by atoms with Crippen LogP contribution in [0.2, 0.25) is 0 Å². The van der Waals surface area contributed by atoms with Crippen LogP contribution in [-0.2, 0) is 4.74 Å². The Labute approximate surface area is 108 Å². The number of amides is 1. The molecule has 2 fully saturated rings. The molecule has 18 heavy (non-hydrogen) atoms. The first-order chi connectivity index (χ1) is 8.76. The van der Waals surface area contributed by atoms with Crippen molar-refractivity contribution in [2.45, 2.75) is 25.3 Å². The molecule has 2 aliphatic carbocycles. The second-order valence-corrected chi connectivity index (χ2v) is 5.85. The van der Waals surface area contributed by atoms with Crippen molar-refractivity contribution in [3.05, 3.63) is 12.2 Å². The van der Waals surface area contributed by atoms with Crippen LogP contribution in [0.15, 0.2) is 12.2 Å². The minimum absolute atomic E-state index is 0.192. The molecular weight excluding hydrogens is 228 g/mol. The molecule has 4 unspecified atom stereocenters. The van der Waals surface area contributed by atoms with Crippen molar-refractivity contribution in [3.63, 3.8) is 0 Å². The minimum atomic E-state index is -0.192. The molecule has 0 radical (unpaired) electrons. The van der Waals surface area contributed by atoms with Crippen LogP contribution in [0.1, 0.15) is 19.3 Å². The van der Waals surface area contributed by atoms with Crippen molar-refractivity contribution < 1.29 is 9.53 Å². The largest absolute Gasteiger partial charge is 0.453 e. The molecule has 1 heterocycles. The maximum Gasteiger partial charge on any atom is 0.409 e. The summed E-state index contributed by atoms with van der Waals surface area (Å²) in [6.07, 6.45) is 8.35. The van der Waals surface area contributed by atoms with E-state index in [4.69, 9.17) is 4.74 Å². The highest BCUT2D eigenvalue weighted by molar-refractivity contribution is 5.67. The van der Waals surface area contributed by atoms with E-state index < -0.39 is 0 Å². The molecule has 2 bridgehead atoms. The smallest absolute Gasteiger partial charge is 0.409 e. The van der Waals surface area contributed by atoms with Gasteiger partial charge >= 0.3 is 6.09 Å². The monoisotopic (exact) mass is 250 g/mol. The van der Waals surface area contributed by atoms with Crippen LogP contribution in [0, 0.1) is 17.8 Å². The Morgan fingerprint density at radius 3 is 3.00 bits per heavy atom. The normalized spacial score (nSPS) is 37.5. The average Bonchev–Trinajstić information content (AvgIpc) is 3.10. The average molecular weight is 250 g/mol. The van der Waals surface area contributed by atoms with Gasteiger partial charge in [-0.2, -0.15) is 0 Å². The Balaban J connectivity index is 1.42. The van der Waals surface area contributed by atoms with Crippen LogP contribution in [0.5, 0.6) is 0 Å². The van der Waals surface area contributed by atoms with E-state index in [1.807, 2.05) is 0 Å². The van der Waals surface area contributed by atoms with Crippen molar-refractivity contribution in [2.75, 3.05) is 26.7 Å². The number of allylic oxidation sites excluding steroid dienone is 2. The van der Waals surface area contributed by atoms with Gasteiger partial charge in [0.25, 0.3) is 0 Å². The first kappa shape index (κ1) is 12.0. The highest BCUT2D eigenvalue weighted by Crippen LogP contribution is 2.43. The summed E-state index contributed by atoms with van der Waals surface area (Å²) in [7, 11) is 1.45. The van der Waals surface area contributed by atoms with Gasteiger partial charge in [0.05, 0.1) is 7.11 Å². The second-order valence-electron chi connectivity index (χ2n) is 5.85. The summed E-state index contributed by atoms with van der Waals surface area (Å²) in [6.45, 7) is 2.72. The van der Waals surface area contributed by atoms with Crippen molar-refractivity contribution in [1.29, 1.82) is 0 Å². The number of hydrogen-bond donors (Lipinski definition) is 1. The zero-order valence-corrected chi connectivity index (χ0v) is 11.0. The van der Waals surface area contributed by atoms with E-state index in [1.165, 1.54) is 20.0 Å². The predicted molar refractivity (Wildman–Crippen MR) is 69.2 cm³/mol. The van der Waals surface area contributed by atoms with Crippen LogP contribution in [0.3, 0.4) is 0 Å². The van der Waals surface area contributed by atoms with E-state index in [0.29, 0.717) is 6.04 Å². The highest BCUT2D eigenvalue weighted by Gasteiger charge is 2.36. The summed E-state index contributed by atoms with van der Waals surface area (Å²) in [6, 6.07) is 0.451. The van der Waals surface area contributed by atoms with Gasteiger partial charge in [0.2, 0.25) is 0 Å². The van der Waals surface area contributed by atoms with Crippen molar-refractivity contribution >= 4 is 6.09 Å². The third kappa shape index (κ3) is 2.26. The summed E-state index contributed by atoms with van der Waals surface area (Å²) in [5.41, 5.74) is 0. The molecule has 1 aliphatic heterocycles. The van der Waals surface area contributed by atoms with E-state index in [0.717, 1.165) is 43.8 Å². The molecule has 4 heteroatoms. The van der Waals surface area contributed by atoms with Gasteiger partial charge in [-0.15, -0.1) is 0 Å². The summed E-state index contributed by atoms with van der Waals surface area (Å²) in [4.78, 5) is 13.2. The highest BCUT2D eigenvalue weighted by atomic mass is 16.5. The SMILES string of the molecule is COC(=O)N1CCC(NCC2CC3C=CC2C3)C1. The maximum atomic E-state index is 11.4. The van der Waals surface area contributed by atoms with E-state index in [-0.39, 0.29) is 6.09 Å². The molecular formula is C14H22N2O2. The number of ether oxygens (including phenoxy) is 1. The van der Waals surface area contributed by atoms with Gasteiger partial charge in [-0.1, -0.05) is 12.2 Å². The number of likely N-dealkylation sites (tertiary alicyclic amines) is 1. The Bertz CT molecular complexity index is 356. The first-order valence-corrected chi connectivity index (χ1v) is 7.01. The molecule has 1 N–H and O–H groups in total. The third-order valence-electron chi connectivity index (χ3n) is 4.71. The van der Waals surface area contributed by atoms with Gasteiger partial charge < -0.3 is 15.0 Å². The number of hydrogen-bond acceptors (Lipinski definition) is 3. The van der Waals surface area contributed by atoms with Crippen LogP contribution in [-0.4, -0.2) is 43.8 Å². The number of rotatable bonds is 3. The molecule has 0 spiro atoms. The number of fused-ring (bicyclic) bond motifs is 2. The van der Waals surface area contributed by atoms with E-state index in [1.54, 1.807) is 4.90 Å². The third-order valence-corrected chi connectivity index (χ3v) is 4.71. The fourth-order valence-corrected chi connectivity index (χ4v) is 3.67. The van der Waals surface area contributed by atoms with Gasteiger partial charge in [-0.05, 0) is 43.6 Å². The Morgan fingerprint density at radius 1 is 1.44 bits per heavy atom. The van der Waals surface area contributed by atoms with Crippen LogP contribution < -0.4 is 5.32 Å². The van der Waals surface area contributed by atoms with E-state index >= 15 is 0 Å². The number of methoxy groups -OCH3 is 1. The molecule has 1 saturated heterocycles. The maximum absolute atomic E-state index is 11.4. The second kappa shape index (κ2) is 4.92. The lowest BCUT2D eigenvalue weighted by Gasteiger charge is -2.21. The quantitative estimate of drug-likeness (QED) is 0.774. The molecule has 3 aliphatic rings. The molecule has 4 atom stereocenters. The molecule has 0 aromatic rings. The van der Waals surface area contributed by atoms with Crippen molar-refractivity contribution in [1.82, 2.24) is 10.2 Å². The zero-order valence-electron chi connectivity index (χ0n) is 11.0. The molecule has 1 saturated carbocycles. The van der Waals surface area contributed by atoms with Gasteiger partial charge in [0, 0.05) is 19.1 Å². The fraction of sp³-hybridized carbons (Fsp3) is 0.786. The molecule has 3 rings (SSSR count). The lowest BCUT2D eigenvalue weighted by Crippen LogP contribution is -2.38. The van der Waals surface area contributed by atoms with Crippen molar-refractivity contribution in [3.8, 4) is 0 Å². The van der Waals surface area contributed by atoms with Gasteiger partial charge in [0.15, 0.2) is 0 Å². The number of carbonyl (C=O) groups excluding carboxylic acids is 1.